The first-order valence-electron chi connectivity index (χ1n) is 6.09. The molecule has 0 aromatic carbocycles. The molecule has 3 rings (SSSR count). The molecule has 8 heteroatoms. The van der Waals surface area contributed by atoms with Crippen molar-refractivity contribution in [2.24, 2.45) is 0 Å². The lowest BCUT2D eigenvalue weighted by Crippen LogP contribution is -2.24. The minimum absolute atomic E-state index is 0.215. The van der Waals surface area contributed by atoms with E-state index < -0.39 is 15.1 Å². The number of aryl methyl sites for hydroxylation is 1. The molecule has 0 aliphatic carbocycles. The van der Waals surface area contributed by atoms with Gasteiger partial charge in [-0.2, -0.15) is 0 Å². The van der Waals surface area contributed by atoms with Gasteiger partial charge >= 0.3 is 0 Å². The van der Waals surface area contributed by atoms with Crippen molar-refractivity contribution in [3.8, 4) is 0 Å². The Morgan fingerprint density at radius 3 is 2.89 bits per heavy atom. The summed E-state index contributed by atoms with van der Waals surface area (Å²) < 4.78 is 26.0. The van der Waals surface area contributed by atoms with E-state index in [2.05, 4.69) is 15.2 Å². The van der Waals surface area contributed by atoms with Crippen molar-refractivity contribution in [3.05, 3.63) is 22.9 Å². The second-order valence-corrected chi connectivity index (χ2v) is 7.42. The minimum Gasteiger partial charge on any atom is -0.266 e. The summed E-state index contributed by atoms with van der Waals surface area (Å²) in [4.78, 5) is 4.13. The Kier molecular flexibility index (Phi) is 2.98. The van der Waals surface area contributed by atoms with Crippen LogP contribution in [0.15, 0.2) is 6.07 Å². The van der Waals surface area contributed by atoms with Gasteiger partial charge in [-0.3, -0.25) is 4.40 Å². The maximum Gasteiger partial charge on any atom is 0.165 e. The van der Waals surface area contributed by atoms with Gasteiger partial charge in [-0.05, 0) is 19.8 Å². The van der Waals surface area contributed by atoms with Gasteiger partial charge in [-0.15, -0.1) is 10.2 Å². The topological polar surface area (TPSA) is 77.2 Å². The van der Waals surface area contributed by atoms with Crippen molar-refractivity contribution in [2.75, 3.05) is 5.75 Å². The molecule has 2 aromatic heterocycles. The molecular formula is C11H13ClN4O2S. The van der Waals surface area contributed by atoms with Gasteiger partial charge in [0, 0.05) is 6.07 Å². The molecule has 102 valence electrons. The van der Waals surface area contributed by atoms with Crippen molar-refractivity contribution < 1.29 is 8.42 Å². The summed E-state index contributed by atoms with van der Waals surface area (Å²) in [5.74, 6) is 1.27. The number of sulfone groups is 1. The molecule has 0 amide bonds. The van der Waals surface area contributed by atoms with Crippen LogP contribution in [0.2, 0.25) is 5.15 Å². The zero-order chi connectivity index (χ0) is 13.6. The fraction of sp³-hybridized carbons (Fsp3) is 0.545. The minimum atomic E-state index is -3.15. The SMILES string of the molecule is Cc1nc(Cl)cc2nnc(C3CCCCS3(=O)=O)n12. The fourth-order valence-electron chi connectivity index (χ4n) is 2.53. The summed E-state index contributed by atoms with van der Waals surface area (Å²) in [5, 5.41) is 7.80. The van der Waals surface area contributed by atoms with E-state index in [0.717, 1.165) is 12.8 Å². The highest BCUT2D eigenvalue weighted by Gasteiger charge is 2.34. The Hall–Kier alpha value is -1.21. The molecule has 1 unspecified atom stereocenters. The first-order valence-corrected chi connectivity index (χ1v) is 8.18. The highest BCUT2D eigenvalue weighted by Crippen LogP contribution is 2.32. The van der Waals surface area contributed by atoms with Crippen LogP contribution in [0.4, 0.5) is 0 Å². The molecule has 0 radical (unpaired) electrons. The van der Waals surface area contributed by atoms with Crippen LogP contribution in [0.3, 0.4) is 0 Å². The molecule has 1 fully saturated rings. The van der Waals surface area contributed by atoms with E-state index in [4.69, 9.17) is 11.6 Å². The van der Waals surface area contributed by atoms with Crippen LogP contribution in [-0.4, -0.2) is 33.8 Å². The second-order valence-electron chi connectivity index (χ2n) is 4.73. The summed E-state index contributed by atoms with van der Waals surface area (Å²) in [5.41, 5.74) is 0.535. The molecule has 19 heavy (non-hydrogen) atoms. The van der Waals surface area contributed by atoms with Gasteiger partial charge in [0.1, 0.15) is 16.2 Å². The predicted octanol–water partition coefficient (Wildman–Crippen LogP) is 1.73. The largest absolute Gasteiger partial charge is 0.266 e. The molecular weight excluding hydrogens is 288 g/mol. The summed E-state index contributed by atoms with van der Waals surface area (Å²) in [6.07, 6.45) is 2.20. The van der Waals surface area contributed by atoms with E-state index in [1.165, 1.54) is 0 Å². The Labute approximate surface area is 115 Å². The van der Waals surface area contributed by atoms with Crippen LogP contribution in [0.1, 0.15) is 36.2 Å². The average molecular weight is 301 g/mol. The van der Waals surface area contributed by atoms with Gasteiger partial charge in [-0.25, -0.2) is 13.4 Å². The number of rotatable bonds is 1. The Balaban J connectivity index is 2.21. The molecule has 0 bridgehead atoms. The molecule has 1 atom stereocenters. The lowest BCUT2D eigenvalue weighted by Gasteiger charge is -2.20. The monoisotopic (exact) mass is 300 g/mol. The molecule has 1 aliphatic heterocycles. The maximum atomic E-state index is 12.2. The van der Waals surface area contributed by atoms with Gasteiger partial charge in [0.25, 0.3) is 0 Å². The molecule has 0 spiro atoms. The van der Waals surface area contributed by atoms with Gasteiger partial charge < -0.3 is 0 Å². The standard InChI is InChI=1S/C11H13ClN4O2S/c1-7-13-9(12)6-10-14-15-11(16(7)10)8-4-2-3-5-19(8,17)18/h6,8H,2-5H2,1H3. The van der Waals surface area contributed by atoms with E-state index >= 15 is 0 Å². The van der Waals surface area contributed by atoms with Crippen LogP contribution >= 0.6 is 11.6 Å². The molecule has 3 heterocycles. The van der Waals surface area contributed by atoms with E-state index in [1.807, 2.05) is 0 Å². The van der Waals surface area contributed by atoms with Gasteiger partial charge in [-0.1, -0.05) is 18.0 Å². The lowest BCUT2D eigenvalue weighted by molar-refractivity contribution is 0.536. The van der Waals surface area contributed by atoms with Crippen LogP contribution in [0, 0.1) is 6.92 Å². The number of hydrogen-bond acceptors (Lipinski definition) is 5. The van der Waals surface area contributed by atoms with Crippen LogP contribution in [0.25, 0.3) is 5.65 Å². The number of nitrogens with zero attached hydrogens (tertiary/aromatic N) is 4. The van der Waals surface area contributed by atoms with E-state index in [9.17, 15) is 8.42 Å². The van der Waals surface area contributed by atoms with Crippen LogP contribution in [-0.2, 0) is 9.84 Å². The van der Waals surface area contributed by atoms with E-state index in [1.54, 1.807) is 17.4 Å². The van der Waals surface area contributed by atoms with E-state index in [0.29, 0.717) is 28.9 Å². The summed E-state index contributed by atoms with van der Waals surface area (Å²) in [6, 6.07) is 1.58. The summed E-state index contributed by atoms with van der Waals surface area (Å²) >= 11 is 5.86. The molecule has 2 aromatic rings. The van der Waals surface area contributed by atoms with E-state index in [-0.39, 0.29) is 5.75 Å². The van der Waals surface area contributed by atoms with Gasteiger partial charge in [0.2, 0.25) is 0 Å². The quantitative estimate of drug-likeness (QED) is 0.750. The molecule has 0 N–H and O–H groups in total. The molecule has 6 nitrogen and oxygen atoms in total. The average Bonchev–Trinajstić information content (AvgIpc) is 2.72. The number of fused-ring (bicyclic) bond motifs is 1. The molecule has 1 aliphatic rings. The molecule has 1 saturated heterocycles. The zero-order valence-corrected chi connectivity index (χ0v) is 11.9. The fourth-order valence-corrected chi connectivity index (χ4v) is 4.64. The third kappa shape index (κ3) is 2.10. The van der Waals surface area contributed by atoms with Crippen molar-refractivity contribution >= 4 is 27.1 Å². The highest BCUT2D eigenvalue weighted by atomic mass is 35.5. The normalized spacial score (nSPS) is 22.7. The van der Waals surface area contributed by atoms with Crippen molar-refractivity contribution in [1.29, 1.82) is 0 Å². The maximum absolute atomic E-state index is 12.2. The van der Waals surface area contributed by atoms with Crippen molar-refractivity contribution in [3.63, 3.8) is 0 Å². The Bertz CT molecular complexity index is 740. The summed E-state index contributed by atoms with van der Waals surface area (Å²) in [7, 11) is -3.15. The zero-order valence-electron chi connectivity index (χ0n) is 10.4. The number of halogens is 1. The van der Waals surface area contributed by atoms with Gasteiger partial charge in [0.15, 0.2) is 21.3 Å². The predicted molar refractivity (Wildman–Crippen MR) is 70.9 cm³/mol. The first-order chi connectivity index (χ1) is 8.99. The van der Waals surface area contributed by atoms with Crippen LogP contribution < -0.4 is 0 Å². The lowest BCUT2D eigenvalue weighted by atomic mass is 10.2. The van der Waals surface area contributed by atoms with Crippen molar-refractivity contribution in [1.82, 2.24) is 19.6 Å². The smallest absolute Gasteiger partial charge is 0.165 e. The third-order valence-corrected chi connectivity index (χ3v) is 5.79. The second kappa shape index (κ2) is 4.42. The third-order valence-electron chi connectivity index (χ3n) is 3.42. The van der Waals surface area contributed by atoms with Crippen LogP contribution in [0.5, 0.6) is 0 Å². The number of hydrogen-bond donors (Lipinski definition) is 0. The van der Waals surface area contributed by atoms with Gasteiger partial charge in [0.05, 0.1) is 5.75 Å². The molecule has 0 saturated carbocycles. The highest BCUT2D eigenvalue weighted by molar-refractivity contribution is 7.91. The summed E-state index contributed by atoms with van der Waals surface area (Å²) in [6.45, 7) is 1.77. The first kappa shape index (κ1) is 12.8. The number of aromatic nitrogens is 4. The Morgan fingerprint density at radius 2 is 2.16 bits per heavy atom. The van der Waals surface area contributed by atoms with Crippen molar-refractivity contribution in [2.45, 2.75) is 31.4 Å². The Morgan fingerprint density at radius 1 is 1.37 bits per heavy atom.